The molecule has 1 fully saturated rings. The molecule has 30 heavy (non-hydrogen) atoms. The van der Waals surface area contributed by atoms with E-state index >= 15 is 0 Å². The van der Waals surface area contributed by atoms with Crippen LogP contribution in [0.2, 0.25) is 5.02 Å². The second kappa shape index (κ2) is 7.06. The first-order chi connectivity index (χ1) is 14.4. The van der Waals surface area contributed by atoms with Crippen LogP contribution in [0.15, 0.2) is 48.7 Å². The largest absolute Gasteiger partial charge is 0.484 e. The van der Waals surface area contributed by atoms with Crippen LogP contribution < -0.4 is 10.1 Å². The second-order valence-corrected chi connectivity index (χ2v) is 8.61. The molecule has 0 saturated carbocycles. The van der Waals surface area contributed by atoms with Crippen LogP contribution in [0.3, 0.4) is 0 Å². The van der Waals surface area contributed by atoms with Crippen LogP contribution in [0, 0.1) is 0 Å². The van der Waals surface area contributed by atoms with Gasteiger partial charge in [0.25, 0.3) is 0 Å². The number of likely N-dealkylation sites (tertiary alicyclic amines) is 1. The molecule has 0 aliphatic carbocycles. The number of benzene rings is 2. The van der Waals surface area contributed by atoms with Crippen LogP contribution >= 0.6 is 11.6 Å². The van der Waals surface area contributed by atoms with Crippen LogP contribution in [-0.4, -0.2) is 40.0 Å². The van der Waals surface area contributed by atoms with Gasteiger partial charge in [-0.15, -0.1) is 0 Å². The number of carbonyl (C=O) groups is 2. The SMILES string of the molecule is Cn1ccc2cc(CNC(=O)N3CCC4(CC(=O)c5cc(Cl)ccc5O4)C3)ccc21. The highest BCUT2D eigenvalue weighted by Gasteiger charge is 2.47. The quantitative estimate of drug-likeness (QED) is 0.673. The number of amides is 2. The Bertz CT molecular complexity index is 1170. The highest BCUT2D eigenvalue weighted by atomic mass is 35.5. The number of carbonyl (C=O) groups excluding carboxylic acids is 2. The van der Waals surface area contributed by atoms with Crippen LogP contribution in [0.5, 0.6) is 5.75 Å². The fraction of sp³-hybridized carbons (Fsp3) is 0.304. The van der Waals surface area contributed by atoms with Crippen molar-refractivity contribution in [3.8, 4) is 5.75 Å². The molecule has 1 atom stereocenters. The zero-order valence-electron chi connectivity index (χ0n) is 16.7. The third-order valence-corrected chi connectivity index (χ3v) is 6.28. The average molecular weight is 424 g/mol. The van der Waals surface area contributed by atoms with Crippen LogP contribution in [0.1, 0.15) is 28.8 Å². The van der Waals surface area contributed by atoms with Gasteiger partial charge in [0.2, 0.25) is 0 Å². The number of hydrogen-bond donors (Lipinski definition) is 1. The summed E-state index contributed by atoms with van der Waals surface area (Å²) in [5.74, 6) is 0.561. The number of fused-ring (bicyclic) bond motifs is 2. The van der Waals surface area contributed by atoms with Crippen LogP contribution in [0.25, 0.3) is 10.9 Å². The predicted molar refractivity (Wildman–Crippen MR) is 115 cm³/mol. The summed E-state index contributed by atoms with van der Waals surface area (Å²) in [5.41, 5.74) is 2.07. The Kier molecular flexibility index (Phi) is 4.47. The summed E-state index contributed by atoms with van der Waals surface area (Å²) < 4.78 is 8.26. The third kappa shape index (κ3) is 3.31. The number of ether oxygens (including phenoxy) is 1. The van der Waals surface area contributed by atoms with E-state index in [9.17, 15) is 9.59 Å². The Labute approximate surface area is 179 Å². The summed E-state index contributed by atoms with van der Waals surface area (Å²) >= 11 is 6.01. The molecule has 154 valence electrons. The van der Waals surface area contributed by atoms with Gasteiger partial charge >= 0.3 is 6.03 Å². The topological polar surface area (TPSA) is 63.6 Å². The van der Waals surface area contributed by atoms with Crippen molar-refractivity contribution in [1.82, 2.24) is 14.8 Å². The summed E-state index contributed by atoms with van der Waals surface area (Å²) in [6, 6.07) is 13.2. The van der Waals surface area contributed by atoms with E-state index in [1.807, 2.05) is 19.3 Å². The number of aromatic nitrogens is 1. The number of ketones is 1. The van der Waals surface area contributed by atoms with Crippen molar-refractivity contribution in [3.05, 3.63) is 64.8 Å². The molecule has 0 bridgehead atoms. The van der Waals surface area contributed by atoms with Crippen molar-refractivity contribution in [2.24, 2.45) is 7.05 Å². The minimum absolute atomic E-state index is 0.0113. The molecule has 1 saturated heterocycles. The van der Waals surface area contributed by atoms with E-state index in [0.29, 0.717) is 42.4 Å². The summed E-state index contributed by atoms with van der Waals surface area (Å²) in [6.07, 6.45) is 2.91. The Morgan fingerprint density at radius 1 is 1.23 bits per heavy atom. The summed E-state index contributed by atoms with van der Waals surface area (Å²) in [4.78, 5) is 27.1. The molecule has 2 aromatic carbocycles. The lowest BCUT2D eigenvalue weighted by Crippen LogP contribution is -2.47. The molecule has 1 N–H and O–H groups in total. The van der Waals surface area contributed by atoms with Crippen molar-refractivity contribution in [2.45, 2.75) is 25.0 Å². The van der Waals surface area contributed by atoms with E-state index < -0.39 is 5.60 Å². The van der Waals surface area contributed by atoms with Gasteiger partial charge in [-0.2, -0.15) is 0 Å². The minimum atomic E-state index is -0.655. The fourth-order valence-electron chi connectivity index (χ4n) is 4.44. The highest BCUT2D eigenvalue weighted by molar-refractivity contribution is 6.31. The van der Waals surface area contributed by atoms with Crippen molar-refractivity contribution in [1.29, 1.82) is 0 Å². The Balaban J connectivity index is 1.24. The molecule has 1 unspecified atom stereocenters. The summed E-state index contributed by atoms with van der Waals surface area (Å²) in [6.45, 7) is 1.40. The lowest BCUT2D eigenvalue weighted by molar-refractivity contribution is 0.0478. The van der Waals surface area contributed by atoms with E-state index in [0.717, 1.165) is 16.5 Å². The maximum Gasteiger partial charge on any atom is 0.317 e. The molecule has 6 nitrogen and oxygen atoms in total. The van der Waals surface area contributed by atoms with Gasteiger partial charge in [0.15, 0.2) is 5.78 Å². The van der Waals surface area contributed by atoms with Crippen molar-refractivity contribution < 1.29 is 14.3 Å². The molecular weight excluding hydrogens is 402 g/mol. The molecule has 0 radical (unpaired) electrons. The number of hydrogen-bond acceptors (Lipinski definition) is 3. The molecule has 3 aromatic rings. The fourth-order valence-corrected chi connectivity index (χ4v) is 4.61. The minimum Gasteiger partial charge on any atom is -0.484 e. The number of halogens is 1. The number of nitrogens with one attached hydrogen (secondary N) is 1. The Hall–Kier alpha value is -2.99. The van der Waals surface area contributed by atoms with Crippen LogP contribution in [0.4, 0.5) is 4.79 Å². The number of urea groups is 1. The smallest absolute Gasteiger partial charge is 0.317 e. The van der Waals surface area contributed by atoms with Gasteiger partial charge in [0, 0.05) is 43.3 Å². The second-order valence-electron chi connectivity index (χ2n) is 8.18. The molecular formula is C23H22ClN3O3. The van der Waals surface area contributed by atoms with Gasteiger partial charge in [-0.25, -0.2) is 4.79 Å². The summed E-state index contributed by atoms with van der Waals surface area (Å²) in [7, 11) is 2.01. The number of rotatable bonds is 2. The Morgan fingerprint density at radius 3 is 2.97 bits per heavy atom. The zero-order chi connectivity index (χ0) is 20.9. The molecule has 7 heteroatoms. The van der Waals surface area contributed by atoms with E-state index in [-0.39, 0.29) is 18.2 Å². The van der Waals surface area contributed by atoms with Gasteiger partial charge in [0.05, 0.1) is 18.5 Å². The van der Waals surface area contributed by atoms with Crippen molar-refractivity contribution >= 4 is 34.3 Å². The van der Waals surface area contributed by atoms with E-state index in [1.54, 1.807) is 23.1 Å². The van der Waals surface area contributed by atoms with Crippen LogP contribution in [-0.2, 0) is 13.6 Å². The molecule has 3 heterocycles. The predicted octanol–water partition coefficient (Wildman–Crippen LogP) is 4.15. The zero-order valence-corrected chi connectivity index (χ0v) is 17.4. The molecule has 2 aliphatic heterocycles. The standard InChI is InChI=1S/C23H22ClN3O3/c1-26-8-6-16-10-15(2-4-19(16)26)13-25-22(29)27-9-7-23(14-27)12-20(28)18-11-17(24)3-5-21(18)30-23/h2-6,8,10-11H,7,9,12-14H2,1H3,(H,25,29). The van der Waals surface area contributed by atoms with E-state index in [4.69, 9.17) is 16.3 Å². The van der Waals surface area contributed by atoms with Crippen molar-refractivity contribution in [3.63, 3.8) is 0 Å². The first-order valence-corrected chi connectivity index (χ1v) is 10.4. The van der Waals surface area contributed by atoms with E-state index in [1.165, 1.54) is 0 Å². The third-order valence-electron chi connectivity index (χ3n) is 6.05. The average Bonchev–Trinajstić information content (AvgIpc) is 3.30. The molecule has 1 spiro atoms. The maximum atomic E-state index is 12.7. The van der Waals surface area contributed by atoms with Crippen molar-refractivity contribution in [2.75, 3.05) is 13.1 Å². The first-order valence-electron chi connectivity index (χ1n) is 10.0. The normalized spacial score (nSPS) is 20.5. The number of nitrogens with zero attached hydrogens (tertiary/aromatic N) is 2. The first kappa shape index (κ1) is 19.0. The Morgan fingerprint density at radius 2 is 2.10 bits per heavy atom. The molecule has 1 aromatic heterocycles. The number of Topliss-reactive ketones (excluding diaryl/α,β-unsaturated/α-hetero) is 1. The highest BCUT2D eigenvalue weighted by Crippen LogP contribution is 2.39. The molecule has 5 rings (SSSR count). The lowest BCUT2D eigenvalue weighted by Gasteiger charge is -2.34. The number of aryl methyl sites for hydroxylation is 1. The lowest BCUT2D eigenvalue weighted by atomic mass is 9.89. The van der Waals surface area contributed by atoms with Gasteiger partial charge in [0.1, 0.15) is 11.4 Å². The van der Waals surface area contributed by atoms with E-state index in [2.05, 4.69) is 28.1 Å². The van der Waals surface area contributed by atoms with Gasteiger partial charge in [-0.05, 0) is 47.3 Å². The monoisotopic (exact) mass is 423 g/mol. The molecule has 2 aliphatic rings. The maximum absolute atomic E-state index is 12.7. The molecule has 2 amide bonds. The van der Waals surface area contributed by atoms with Gasteiger partial charge < -0.3 is 19.5 Å². The summed E-state index contributed by atoms with van der Waals surface area (Å²) in [5, 5.41) is 4.66. The van der Waals surface area contributed by atoms with Gasteiger partial charge in [-0.3, -0.25) is 4.79 Å². The van der Waals surface area contributed by atoms with Gasteiger partial charge in [-0.1, -0.05) is 17.7 Å².